The van der Waals surface area contributed by atoms with Crippen LogP contribution in [0.1, 0.15) is 39.5 Å². The van der Waals surface area contributed by atoms with Gasteiger partial charge in [-0.25, -0.2) is 0 Å². The molecule has 0 aromatic heterocycles. The van der Waals surface area contributed by atoms with Crippen LogP contribution in [0.4, 0.5) is 0 Å². The predicted octanol–water partition coefficient (Wildman–Crippen LogP) is 2.46. The average molecular weight is 248 g/mol. The molecule has 0 aromatic carbocycles. The highest BCUT2D eigenvalue weighted by Crippen LogP contribution is 2.27. The van der Waals surface area contributed by atoms with Crippen LogP contribution in [0.25, 0.3) is 0 Å². The zero-order valence-corrected chi connectivity index (χ0v) is 9.93. The summed E-state index contributed by atoms with van der Waals surface area (Å²) in [4.78, 5) is 11.3. The molecule has 1 aliphatic carbocycles. The molecule has 76 valence electrons. The molecule has 1 saturated carbocycles. The van der Waals surface area contributed by atoms with Crippen LogP contribution in [0.5, 0.6) is 0 Å². The molecule has 2 nitrogen and oxygen atoms in total. The topological polar surface area (TPSA) is 29.1 Å². The fraction of sp³-hybridized carbons (Fsp3) is 0.900. The Morgan fingerprint density at radius 2 is 1.92 bits per heavy atom. The fourth-order valence-corrected chi connectivity index (χ4v) is 2.05. The zero-order chi connectivity index (χ0) is 9.84. The molecule has 1 fully saturated rings. The molecule has 1 rings (SSSR count). The minimum absolute atomic E-state index is 0.0728. The summed E-state index contributed by atoms with van der Waals surface area (Å²) in [5.74, 6) is 0.814. The van der Waals surface area contributed by atoms with Crippen molar-refractivity contribution in [3.8, 4) is 0 Å². The Labute approximate surface area is 88.6 Å². The van der Waals surface area contributed by atoms with Crippen molar-refractivity contribution in [3.05, 3.63) is 0 Å². The second-order valence-corrected chi connectivity index (χ2v) is 5.33. The second-order valence-electron chi connectivity index (χ2n) is 3.96. The van der Waals surface area contributed by atoms with Gasteiger partial charge in [0.05, 0.1) is 4.83 Å². The van der Waals surface area contributed by atoms with Gasteiger partial charge in [0.15, 0.2) is 0 Å². The Balaban J connectivity index is 2.31. The van der Waals surface area contributed by atoms with Gasteiger partial charge in [-0.05, 0) is 32.6 Å². The number of hydrogen-bond acceptors (Lipinski definition) is 1. The van der Waals surface area contributed by atoms with Gasteiger partial charge in [-0.1, -0.05) is 28.8 Å². The van der Waals surface area contributed by atoms with Crippen molar-refractivity contribution in [1.82, 2.24) is 5.32 Å². The highest BCUT2D eigenvalue weighted by Gasteiger charge is 2.23. The molecular weight excluding hydrogens is 230 g/mol. The Bertz CT molecular complexity index is 176. The minimum Gasteiger partial charge on any atom is -0.352 e. The number of alkyl halides is 1. The second kappa shape index (κ2) is 4.99. The molecule has 1 amide bonds. The van der Waals surface area contributed by atoms with Crippen molar-refractivity contribution < 1.29 is 4.79 Å². The third-order valence-corrected chi connectivity index (χ3v) is 3.25. The number of carbonyl (C=O) groups excluding carboxylic acids is 1. The third-order valence-electron chi connectivity index (χ3n) is 2.84. The van der Waals surface area contributed by atoms with Crippen LogP contribution in [0.3, 0.4) is 0 Å². The first-order valence-corrected chi connectivity index (χ1v) is 5.97. The first-order valence-electron chi connectivity index (χ1n) is 5.05. The van der Waals surface area contributed by atoms with E-state index in [9.17, 15) is 4.79 Å². The van der Waals surface area contributed by atoms with E-state index in [1.807, 2.05) is 6.92 Å². The van der Waals surface area contributed by atoms with Crippen LogP contribution in [0.2, 0.25) is 0 Å². The van der Waals surface area contributed by atoms with Crippen LogP contribution < -0.4 is 5.32 Å². The number of rotatable bonds is 3. The number of hydrogen-bond donors (Lipinski definition) is 1. The van der Waals surface area contributed by atoms with Crippen molar-refractivity contribution in [2.45, 2.75) is 50.4 Å². The molecule has 0 saturated heterocycles. The molecule has 1 N–H and O–H groups in total. The van der Waals surface area contributed by atoms with E-state index < -0.39 is 0 Å². The maximum absolute atomic E-state index is 11.4. The summed E-state index contributed by atoms with van der Waals surface area (Å²) >= 11 is 3.26. The van der Waals surface area contributed by atoms with E-state index in [-0.39, 0.29) is 10.7 Å². The Morgan fingerprint density at radius 3 is 2.38 bits per heavy atom. The van der Waals surface area contributed by atoms with Crippen LogP contribution in [0.15, 0.2) is 0 Å². The van der Waals surface area contributed by atoms with Crippen molar-refractivity contribution in [1.29, 1.82) is 0 Å². The summed E-state index contributed by atoms with van der Waals surface area (Å²) in [6.07, 6.45) is 5.21. The summed E-state index contributed by atoms with van der Waals surface area (Å²) in [5, 5.41) is 3.04. The van der Waals surface area contributed by atoms with Gasteiger partial charge in [0.1, 0.15) is 0 Å². The molecule has 13 heavy (non-hydrogen) atoms. The SMILES string of the molecule is CC(Br)C(=O)N[C@@H](C)C1CCCC1. The van der Waals surface area contributed by atoms with E-state index in [1.165, 1.54) is 25.7 Å². The van der Waals surface area contributed by atoms with Crippen molar-refractivity contribution in [2.75, 3.05) is 0 Å². The number of halogens is 1. The highest BCUT2D eigenvalue weighted by molar-refractivity contribution is 9.10. The lowest BCUT2D eigenvalue weighted by Gasteiger charge is -2.20. The van der Waals surface area contributed by atoms with E-state index in [0.717, 1.165) is 0 Å². The van der Waals surface area contributed by atoms with Gasteiger partial charge in [-0.15, -0.1) is 0 Å². The van der Waals surface area contributed by atoms with Crippen LogP contribution in [0, 0.1) is 5.92 Å². The van der Waals surface area contributed by atoms with Gasteiger partial charge in [-0.3, -0.25) is 4.79 Å². The van der Waals surface area contributed by atoms with E-state index in [2.05, 4.69) is 28.2 Å². The maximum Gasteiger partial charge on any atom is 0.233 e. The van der Waals surface area contributed by atoms with Gasteiger partial charge in [0.2, 0.25) is 5.91 Å². The number of nitrogens with one attached hydrogen (secondary N) is 1. The quantitative estimate of drug-likeness (QED) is 0.764. The molecule has 0 bridgehead atoms. The maximum atomic E-state index is 11.4. The summed E-state index contributed by atoms with van der Waals surface area (Å²) in [5.41, 5.74) is 0. The molecule has 0 aromatic rings. The van der Waals surface area contributed by atoms with Crippen molar-refractivity contribution in [2.24, 2.45) is 5.92 Å². The van der Waals surface area contributed by atoms with Gasteiger partial charge in [0, 0.05) is 6.04 Å². The molecule has 3 heteroatoms. The first-order chi connectivity index (χ1) is 6.11. The molecule has 0 spiro atoms. The van der Waals surface area contributed by atoms with Crippen molar-refractivity contribution >= 4 is 21.8 Å². The zero-order valence-electron chi connectivity index (χ0n) is 8.35. The highest BCUT2D eigenvalue weighted by atomic mass is 79.9. The third kappa shape index (κ3) is 3.29. The van der Waals surface area contributed by atoms with E-state index in [0.29, 0.717) is 12.0 Å². The van der Waals surface area contributed by atoms with E-state index >= 15 is 0 Å². The summed E-state index contributed by atoms with van der Waals surface area (Å²) < 4.78 is 0. The Morgan fingerprint density at radius 1 is 1.38 bits per heavy atom. The molecule has 0 aliphatic heterocycles. The van der Waals surface area contributed by atoms with Gasteiger partial charge >= 0.3 is 0 Å². The lowest BCUT2D eigenvalue weighted by Crippen LogP contribution is -2.40. The van der Waals surface area contributed by atoms with Crippen LogP contribution in [-0.4, -0.2) is 16.8 Å². The fourth-order valence-electron chi connectivity index (χ4n) is 1.91. The smallest absolute Gasteiger partial charge is 0.233 e. The minimum atomic E-state index is -0.0728. The normalized spacial score (nSPS) is 22.7. The summed E-state index contributed by atoms with van der Waals surface area (Å²) in [6, 6.07) is 0.343. The predicted molar refractivity (Wildman–Crippen MR) is 58.0 cm³/mol. The summed E-state index contributed by atoms with van der Waals surface area (Å²) in [6.45, 7) is 3.97. The molecule has 2 atom stereocenters. The number of amides is 1. The van der Waals surface area contributed by atoms with Gasteiger partial charge in [0.25, 0.3) is 0 Å². The van der Waals surface area contributed by atoms with Gasteiger partial charge < -0.3 is 5.32 Å². The largest absolute Gasteiger partial charge is 0.352 e. The molecular formula is C10H18BrNO. The Kier molecular flexibility index (Phi) is 4.23. The molecule has 1 aliphatic rings. The molecule has 1 unspecified atom stereocenters. The number of carbonyl (C=O) groups is 1. The first kappa shape index (κ1) is 11.0. The molecule has 0 radical (unpaired) electrons. The van der Waals surface area contributed by atoms with E-state index in [1.54, 1.807) is 0 Å². The lowest BCUT2D eigenvalue weighted by atomic mass is 10.00. The van der Waals surface area contributed by atoms with Crippen LogP contribution in [-0.2, 0) is 4.79 Å². The van der Waals surface area contributed by atoms with E-state index in [4.69, 9.17) is 0 Å². The Hall–Kier alpha value is -0.0500. The van der Waals surface area contributed by atoms with Gasteiger partial charge in [-0.2, -0.15) is 0 Å². The monoisotopic (exact) mass is 247 g/mol. The lowest BCUT2D eigenvalue weighted by molar-refractivity contribution is -0.121. The molecule has 0 heterocycles. The standard InChI is InChI=1S/C10H18BrNO/c1-7(11)10(13)12-8(2)9-5-3-4-6-9/h7-9H,3-6H2,1-2H3,(H,12,13)/t7?,8-/m0/s1. The average Bonchev–Trinajstić information content (AvgIpc) is 2.55. The summed E-state index contributed by atoms with van der Waals surface area (Å²) in [7, 11) is 0. The van der Waals surface area contributed by atoms with Crippen molar-refractivity contribution in [3.63, 3.8) is 0 Å². The van der Waals surface area contributed by atoms with Crippen LogP contribution >= 0.6 is 15.9 Å².